The van der Waals surface area contributed by atoms with Gasteiger partial charge in [-0.2, -0.15) is 0 Å². The summed E-state index contributed by atoms with van der Waals surface area (Å²) in [5.41, 5.74) is 0.748. The Balaban J connectivity index is 1.68. The molecule has 21 heavy (non-hydrogen) atoms. The van der Waals surface area contributed by atoms with Crippen molar-refractivity contribution in [1.29, 1.82) is 0 Å². The summed E-state index contributed by atoms with van der Waals surface area (Å²) in [5.74, 6) is 0. The van der Waals surface area contributed by atoms with Crippen LogP contribution in [0.1, 0.15) is 32.1 Å². The van der Waals surface area contributed by atoms with Gasteiger partial charge in [-0.05, 0) is 31.4 Å². The van der Waals surface area contributed by atoms with Gasteiger partial charge in [-0.15, -0.1) is 0 Å². The molecule has 1 aromatic rings. The van der Waals surface area contributed by atoms with E-state index in [1.165, 1.54) is 31.9 Å². The number of anilines is 1. The van der Waals surface area contributed by atoms with Gasteiger partial charge in [0, 0.05) is 31.4 Å². The van der Waals surface area contributed by atoms with Crippen LogP contribution in [0, 0.1) is 0 Å². The predicted octanol–water partition coefficient (Wildman–Crippen LogP) is 2.52. The van der Waals surface area contributed by atoms with Crippen molar-refractivity contribution in [1.82, 2.24) is 4.90 Å². The molecular weight excluding hydrogens is 284 g/mol. The average Bonchev–Trinajstić information content (AvgIpc) is 3.08. The molecule has 0 bridgehead atoms. The van der Waals surface area contributed by atoms with E-state index in [1.807, 2.05) is 12.1 Å². The van der Waals surface area contributed by atoms with Crippen LogP contribution >= 0.6 is 0 Å². The summed E-state index contributed by atoms with van der Waals surface area (Å²) in [6.07, 6.45) is 7.73. The van der Waals surface area contributed by atoms with Gasteiger partial charge >= 0.3 is 0 Å². The molecule has 5 heteroatoms. The number of rotatable bonds is 4. The second-order valence-corrected chi connectivity index (χ2v) is 8.32. The van der Waals surface area contributed by atoms with Crippen LogP contribution in [0.15, 0.2) is 29.2 Å². The molecule has 1 aromatic carbocycles. The molecule has 1 saturated carbocycles. The lowest BCUT2D eigenvalue weighted by atomic mass is 10.2. The number of nitrogens with zero attached hydrogens (tertiary/aromatic N) is 1. The first-order valence-corrected chi connectivity index (χ1v) is 9.73. The van der Waals surface area contributed by atoms with Crippen molar-refractivity contribution in [3.8, 4) is 0 Å². The zero-order valence-electron chi connectivity index (χ0n) is 12.6. The zero-order valence-corrected chi connectivity index (χ0v) is 13.4. The number of hydrogen-bond donors (Lipinski definition) is 1. The van der Waals surface area contributed by atoms with Gasteiger partial charge in [0.25, 0.3) is 0 Å². The lowest BCUT2D eigenvalue weighted by Crippen LogP contribution is -2.33. The number of likely N-dealkylation sites (tertiary alicyclic amines) is 1. The highest BCUT2D eigenvalue weighted by molar-refractivity contribution is 7.90. The van der Waals surface area contributed by atoms with E-state index in [0.29, 0.717) is 10.9 Å². The highest BCUT2D eigenvalue weighted by Gasteiger charge is 2.30. The number of sulfone groups is 1. The van der Waals surface area contributed by atoms with E-state index in [1.54, 1.807) is 12.1 Å². The number of benzene rings is 1. The standard InChI is InChI=1S/C16H24N2O2S/c1-21(19,20)16-9-5-4-8-15(16)17-13-10-11-18(12-13)14-6-2-3-7-14/h4-5,8-9,13-14,17H,2-3,6-7,10-12H2,1H3/t13-/m1/s1. The lowest BCUT2D eigenvalue weighted by Gasteiger charge is -2.24. The number of para-hydroxylation sites is 1. The minimum atomic E-state index is -3.18. The summed E-state index contributed by atoms with van der Waals surface area (Å²) in [6.45, 7) is 2.16. The van der Waals surface area contributed by atoms with Crippen LogP contribution in [0.3, 0.4) is 0 Å². The summed E-state index contributed by atoms with van der Waals surface area (Å²) >= 11 is 0. The largest absolute Gasteiger partial charge is 0.380 e. The van der Waals surface area contributed by atoms with Crippen molar-refractivity contribution in [3.63, 3.8) is 0 Å². The van der Waals surface area contributed by atoms with E-state index in [2.05, 4.69) is 10.2 Å². The monoisotopic (exact) mass is 308 g/mol. The first kappa shape index (κ1) is 14.9. The van der Waals surface area contributed by atoms with Gasteiger partial charge in [-0.25, -0.2) is 8.42 Å². The van der Waals surface area contributed by atoms with E-state index in [-0.39, 0.29) is 0 Å². The minimum absolute atomic E-state index is 0.355. The van der Waals surface area contributed by atoms with Crippen LogP contribution in [0.5, 0.6) is 0 Å². The van der Waals surface area contributed by atoms with Crippen LogP contribution in [0.2, 0.25) is 0 Å². The zero-order chi connectivity index (χ0) is 14.9. The smallest absolute Gasteiger partial charge is 0.177 e. The van der Waals surface area contributed by atoms with Crippen molar-refractivity contribution < 1.29 is 8.42 Å². The van der Waals surface area contributed by atoms with E-state index in [4.69, 9.17) is 0 Å². The van der Waals surface area contributed by atoms with E-state index < -0.39 is 9.84 Å². The third kappa shape index (κ3) is 3.40. The van der Waals surface area contributed by atoms with Gasteiger partial charge < -0.3 is 5.32 Å². The van der Waals surface area contributed by atoms with Crippen molar-refractivity contribution in [2.24, 2.45) is 0 Å². The number of hydrogen-bond acceptors (Lipinski definition) is 4. The maximum absolute atomic E-state index is 11.9. The average molecular weight is 308 g/mol. The molecule has 1 aliphatic heterocycles. The number of nitrogens with one attached hydrogen (secondary N) is 1. The van der Waals surface area contributed by atoms with Crippen LogP contribution < -0.4 is 5.32 Å². The maximum Gasteiger partial charge on any atom is 0.177 e. The van der Waals surface area contributed by atoms with Gasteiger partial charge in [-0.3, -0.25) is 4.90 Å². The first-order chi connectivity index (χ1) is 10.0. The fourth-order valence-corrected chi connectivity index (χ4v) is 4.49. The van der Waals surface area contributed by atoms with Gasteiger partial charge in [0.15, 0.2) is 9.84 Å². The molecule has 0 amide bonds. The lowest BCUT2D eigenvalue weighted by molar-refractivity contribution is 0.245. The van der Waals surface area contributed by atoms with Crippen molar-refractivity contribution in [2.75, 3.05) is 24.7 Å². The van der Waals surface area contributed by atoms with Crippen molar-refractivity contribution >= 4 is 15.5 Å². The Morgan fingerprint density at radius 3 is 2.57 bits per heavy atom. The molecule has 116 valence electrons. The van der Waals surface area contributed by atoms with Crippen molar-refractivity contribution in [2.45, 2.75) is 49.1 Å². The van der Waals surface area contributed by atoms with Gasteiger partial charge in [-0.1, -0.05) is 25.0 Å². The second kappa shape index (κ2) is 5.97. The van der Waals surface area contributed by atoms with Gasteiger partial charge in [0.1, 0.15) is 0 Å². The molecule has 1 heterocycles. The maximum atomic E-state index is 11.9. The third-order valence-electron chi connectivity index (χ3n) is 4.71. The van der Waals surface area contributed by atoms with Crippen LogP contribution in [-0.4, -0.2) is 44.7 Å². The van der Waals surface area contributed by atoms with E-state index in [9.17, 15) is 8.42 Å². The Morgan fingerprint density at radius 1 is 1.14 bits per heavy atom. The summed E-state index contributed by atoms with van der Waals surface area (Å²) in [7, 11) is -3.18. The molecule has 1 N–H and O–H groups in total. The first-order valence-electron chi connectivity index (χ1n) is 7.84. The molecule has 1 atom stereocenters. The van der Waals surface area contributed by atoms with E-state index >= 15 is 0 Å². The highest BCUT2D eigenvalue weighted by atomic mass is 32.2. The fraction of sp³-hybridized carbons (Fsp3) is 0.625. The third-order valence-corrected chi connectivity index (χ3v) is 5.86. The molecule has 0 spiro atoms. The molecule has 3 rings (SSSR count). The van der Waals surface area contributed by atoms with Crippen LogP contribution in [0.25, 0.3) is 0 Å². The molecule has 2 fully saturated rings. The Hall–Kier alpha value is -1.07. The Bertz CT molecular complexity index is 594. The molecule has 1 saturated heterocycles. The topological polar surface area (TPSA) is 49.4 Å². The molecule has 0 unspecified atom stereocenters. The van der Waals surface area contributed by atoms with Crippen LogP contribution in [0.4, 0.5) is 5.69 Å². The molecule has 4 nitrogen and oxygen atoms in total. The van der Waals surface area contributed by atoms with Gasteiger partial charge in [0.05, 0.1) is 10.6 Å². The Labute approximate surface area is 127 Å². The summed E-state index contributed by atoms with van der Waals surface area (Å²) in [6, 6.07) is 8.33. The summed E-state index contributed by atoms with van der Waals surface area (Å²) in [4.78, 5) is 2.98. The normalized spacial score (nSPS) is 24.5. The Morgan fingerprint density at radius 2 is 1.86 bits per heavy atom. The highest BCUT2D eigenvalue weighted by Crippen LogP contribution is 2.28. The summed E-state index contributed by atoms with van der Waals surface area (Å²) in [5, 5.41) is 3.45. The van der Waals surface area contributed by atoms with Crippen molar-refractivity contribution in [3.05, 3.63) is 24.3 Å². The Kier molecular flexibility index (Phi) is 4.22. The minimum Gasteiger partial charge on any atom is -0.380 e. The molecule has 1 aliphatic carbocycles. The molecular formula is C16H24N2O2S. The van der Waals surface area contributed by atoms with Gasteiger partial charge in [0.2, 0.25) is 0 Å². The second-order valence-electron chi connectivity index (χ2n) is 6.33. The SMILES string of the molecule is CS(=O)(=O)c1ccccc1N[C@@H]1CCN(C2CCCC2)C1. The predicted molar refractivity (Wildman–Crippen MR) is 85.4 cm³/mol. The molecule has 0 radical (unpaired) electrons. The molecule has 0 aromatic heterocycles. The quantitative estimate of drug-likeness (QED) is 0.928. The van der Waals surface area contributed by atoms with Crippen LogP contribution in [-0.2, 0) is 9.84 Å². The van der Waals surface area contributed by atoms with E-state index in [0.717, 1.165) is 31.2 Å². The fourth-order valence-electron chi connectivity index (χ4n) is 3.64. The summed E-state index contributed by atoms with van der Waals surface area (Å²) < 4.78 is 23.7. The molecule has 2 aliphatic rings.